The van der Waals surface area contributed by atoms with Gasteiger partial charge in [-0.1, -0.05) is 30.3 Å². The molecule has 2 aliphatic rings. The number of phenolic OH excluding ortho intramolecular Hbond substituents is 2. The molecule has 5 nitrogen and oxygen atoms in total. The minimum atomic E-state index is 0.0326. The SMILES string of the molecule is COc1cc2c(cc1O)CC[C@H](c1ccccc1O)[C@@H]2c1ccc(OCCN2CCCC2)cc1. The van der Waals surface area contributed by atoms with Gasteiger partial charge in [-0.15, -0.1) is 0 Å². The Morgan fingerprint density at radius 1 is 0.912 bits per heavy atom. The van der Waals surface area contributed by atoms with Crippen LogP contribution >= 0.6 is 0 Å². The quantitative estimate of drug-likeness (QED) is 0.492. The van der Waals surface area contributed by atoms with Gasteiger partial charge >= 0.3 is 0 Å². The van der Waals surface area contributed by atoms with E-state index in [0.717, 1.165) is 47.4 Å². The van der Waals surface area contributed by atoms with Crippen LogP contribution in [0.1, 0.15) is 53.4 Å². The summed E-state index contributed by atoms with van der Waals surface area (Å²) in [6.07, 6.45) is 4.30. The Labute approximate surface area is 201 Å². The third-order valence-corrected chi connectivity index (χ3v) is 7.35. The van der Waals surface area contributed by atoms with Gasteiger partial charge in [0, 0.05) is 12.5 Å². The molecule has 3 aromatic carbocycles. The fraction of sp³-hybridized carbons (Fsp3) is 0.379. The maximum absolute atomic E-state index is 10.7. The van der Waals surface area contributed by atoms with Gasteiger partial charge in [0.05, 0.1) is 7.11 Å². The van der Waals surface area contributed by atoms with Crippen molar-refractivity contribution >= 4 is 0 Å². The molecule has 0 unspecified atom stereocenters. The summed E-state index contributed by atoms with van der Waals surface area (Å²) in [5.41, 5.74) is 4.38. The molecule has 34 heavy (non-hydrogen) atoms. The van der Waals surface area contributed by atoms with Crippen LogP contribution in [0.5, 0.6) is 23.0 Å². The first-order chi connectivity index (χ1) is 16.6. The first kappa shape index (κ1) is 22.6. The number of benzene rings is 3. The van der Waals surface area contributed by atoms with E-state index in [2.05, 4.69) is 17.0 Å². The molecule has 2 atom stereocenters. The standard InChI is InChI=1S/C29H33NO4/c1-33-28-19-25-21(18-27(28)32)10-13-24(23-6-2-3-7-26(23)31)29(25)20-8-11-22(12-9-20)34-17-16-30-14-4-5-15-30/h2-3,6-9,11-12,18-19,24,29,31-32H,4-5,10,13-17H2,1H3/t24-,29+/m1/s1. The van der Waals surface area contributed by atoms with Crippen LogP contribution in [-0.2, 0) is 6.42 Å². The smallest absolute Gasteiger partial charge is 0.160 e. The van der Waals surface area contributed by atoms with Gasteiger partial charge in [-0.25, -0.2) is 0 Å². The number of likely N-dealkylation sites (tertiary alicyclic amines) is 1. The highest BCUT2D eigenvalue weighted by Crippen LogP contribution is 2.50. The third-order valence-electron chi connectivity index (χ3n) is 7.35. The van der Waals surface area contributed by atoms with Crippen LogP contribution in [0.3, 0.4) is 0 Å². The molecule has 5 heteroatoms. The lowest BCUT2D eigenvalue weighted by molar-refractivity contribution is 0.237. The van der Waals surface area contributed by atoms with Gasteiger partial charge in [0.1, 0.15) is 18.1 Å². The second-order valence-electron chi connectivity index (χ2n) is 9.37. The highest BCUT2D eigenvalue weighted by Gasteiger charge is 2.34. The Bertz CT molecular complexity index is 1120. The van der Waals surface area contributed by atoms with E-state index < -0.39 is 0 Å². The first-order valence-corrected chi connectivity index (χ1v) is 12.3. The summed E-state index contributed by atoms with van der Waals surface area (Å²) in [7, 11) is 1.58. The van der Waals surface area contributed by atoms with Gasteiger partial charge in [0.25, 0.3) is 0 Å². The van der Waals surface area contributed by atoms with Gasteiger partial charge in [-0.05, 0) is 97.3 Å². The topological polar surface area (TPSA) is 62.2 Å². The van der Waals surface area contributed by atoms with Gasteiger partial charge in [-0.3, -0.25) is 4.90 Å². The molecule has 0 saturated carbocycles. The number of nitrogens with zero attached hydrogens (tertiary/aromatic N) is 1. The van der Waals surface area contributed by atoms with Crippen molar-refractivity contribution in [3.63, 3.8) is 0 Å². The summed E-state index contributed by atoms with van der Waals surface area (Å²) < 4.78 is 11.5. The second kappa shape index (κ2) is 9.98. The number of fused-ring (bicyclic) bond motifs is 1. The van der Waals surface area contributed by atoms with Crippen LogP contribution < -0.4 is 9.47 Å². The molecule has 178 valence electrons. The van der Waals surface area contributed by atoms with E-state index in [4.69, 9.17) is 9.47 Å². The second-order valence-corrected chi connectivity index (χ2v) is 9.37. The number of phenols is 2. The summed E-state index contributed by atoms with van der Waals surface area (Å²) in [5.74, 6) is 2.00. The number of hydrogen-bond acceptors (Lipinski definition) is 5. The zero-order chi connectivity index (χ0) is 23.5. The molecule has 5 rings (SSSR count). The molecule has 0 radical (unpaired) electrons. The molecular formula is C29H33NO4. The molecule has 1 aliphatic heterocycles. The predicted octanol–water partition coefficient (Wildman–Crippen LogP) is 5.44. The molecule has 0 bridgehead atoms. The van der Waals surface area contributed by atoms with Gasteiger partial charge in [-0.2, -0.15) is 0 Å². The zero-order valence-electron chi connectivity index (χ0n) is 19.7. The molecule has 1 aliphatic carbocycles. The summed E-state index contributed by atoms with van der Waals surface area (Å²) in [6.45, 7) is 4.02. The van der Waals surface area contributed by atoms with Crippen LogP contribution in [0.4, 0.5) is 0 Å². The van der Waals surface area contributed by atoms with E-state index in [1.54, 1.807) is 13.2 Å². The van der Waals surface area contributed by atoms with E-state index in [1.165, 1.54) is 25.9 Å². The number of rotatable bonds is 7. The average molecular weight is 460 g/mol. The molecular weight excluding hydrogens is 426 g/mol. The van der Waals surface area contributed by atoms with Crippen LogP contribution in [0, 0.1) is 0 Å². The first-order valence-electron chi connectivity index (χ1n) is 12.3. The van der Waals surface area contributed by atoms with Gasteiger partial charge < -0.3 is 19.7 Å². The lowest BCUT2D eigenvalue weighted by atomic mass is 9.69. The molecule has 1 fully saturated rings. The van der Waals surface area contributed by atoms with Crippen LogP contribution in [-0.4, -0.2) is 48.5 Å². The molecule has 1 heterocycles. The Kier molecular flexibility index (Phi) is 6.63. The molecule has 0 spiro atoms. The van der Waals surface area contributed by atoms with Gasteiger partial charge in [0.2, 0.25) is 0 Å². The normalized spacial score (nSPS) is 20.1. The average Bonchev–Trinajstić information content (AvgIpc) is 3.37. The third kappa shape index (κ3) is 4.58. The lowest BCUT2D eigenvalue weighted by Gasteiger charge is -2.35. The van der Waals surface area contributed by atoms with E-state index in [0.29, 0.717) is 18.1 Å². The van der Waals surface area contributed by atoms with Crippen molar-refractivity contribution in [2.45, 2.75) is 37.5 Å². The molecule has 0 amide bonds. The van der Waals surface area contributed by atoms with Crippen molar-refractivity contribution in [1.82, 2.24) is 4.90 Å². The van der Waals surface area contributed by atoms with Gasteiger partial charge in [0.15, 0.2) is 11.5 Å². The van der Waals surface area contributed by atoms with Crippen molar-refractivity contribution in [1.29, 1.82) is 0 Å². The number of ether oxygens (including phenoxy) is 2. The van der Waals surface area contributed by atoms with Crippen molar-refractivity contribution in [2.24, 2.45) is 0 Å². The minimum Gasteiger partial charge on any atom is -0.508 e. The maximum atomic E-state index is 10.7. The Morgan fingerprint density at radius 2 is 1.68 bits per heavy atom. The van der Waals surface area contributed by atoms with E-state index in [1.807, 2.05) is 42.5 Å². The Hall–Kier alpha value is -3.18. The number of para-hydroxylation sites is 1. The molecule has 2 N–H and O–H groups in total. The summed E-state index contributed by atoms with van der Waals surface area (Å²) in [4.78, 5) is 2.45. The maximum Gasteiger partial charge on any atom is 0.160 e. The molecule has 0 aromatic heterocycles. The monoisotopic (exact) mass is 459 g/mol. The largest absolute Gasteiger partial charge is 0.508 e. The summed E-state index contributed by atoms with van der Waals surface area (Å²) in [6, 6.07) is 19.8. The number of aromatic hydroxyl groups is 2. The van der Waals surface area contributed by atoms with Crippen molar-refractivity contribution in [3.05, 3.63) is 82.9 Å². The van der Waals surface area contributed by atoms with Crippen molar-refractivity contribution < 1.29 is 19.7 Å². The van der Waals surface area contributed by atoms with Crippen LogP contribution in [0.2, 0.25) is 0 Å². The highest BCUT2D eigenvalue weighted by molar-refractivity contribution is 5.54. The highest BCUT2D eigenvalue weighted by atomic mass is 16.5. The number of hydrogen-bond donors (Lipinski definition) is 2. The molecule has 3 aromatic rings. The minimum absolute atomic E-state index is 0.0326. The predicted molar refractivity (Wildman–Crippen MR) is 133 cm³/mol. The Morgan fingerprint density at radius 3 is 2.41 bits per heavy atom. The zero-order valence-corrected chi connectivity index (χ0v) is 19.7. The van der Waals surface area contributed by atoms with Crippen molar-refractivity contribution in [2.75, 3.05) is 33.4 Å². The fourth-order valence-electron chi connectivity index (χ4n) is 5.61. The number of methoxy groups -OCH3 is 1. The van der Waals surface area contributed by atoms with Crippen LogP contribution in [0.15, 0.2) is 60.7 Å². The van der Waals surface area contributed by atoms with E-state index >= 15 is 0 Å². The number of aryl methyl sites for hydroxylation is 1. The summed E-state index contributed by atoms with van der Waals surface area (Å²) in [5, 5.41) is 21.0. The fourth-order valence-corrected chi connectivity index (χ4v) is 5.61. The Balaban J connectivity index is 1.45. The van der Waals surface area contributed by atoms with Crippen LogP contribution in [0.25, 0.3) is 0 Å². The lowest BCUT2D eigenvalue weighted by Crippen LogP contribution is -2.25. The molecule has 1 saturated heterocycles. The van der Waals surface area contributed by atoms with E-state index in [-0.39, 0.29) is 17.6 Å². The van der Waals surface area contributed by atoms with Crippen molar-refractivity contribution in [3.8, 4) is 23.0 Å². The van der Waals surface area contributed by atoms with E-state index in [9.17, 15) is 10.2 Å². The summed E-state index contributed by atoms with van der Waals surface area (Å²) >= 11 is 0.